The van der Waals surface area contributed by atoms with Crippen LogP contribution in [0.25, 0.3) is 0 Å². The van der Waals surface area contributed by atoms with Crippen LogP contribution >= 0.6 is 0 Å². The van der Waals surface area contributed by atoms with Gasteiger partial charge < -0.3 is 15.0 Å². The van der Waals surface area contributed by atoms with Gasteiger partial charge in [0.2, 0.25) is 0 Å². The molecule has 1 aromatic carbocycles. The van der Waals surface area contributed by atoms with Gasteiger partial charge in [0.15, 0.2) is 0 Å². The van der Waals surface area contributed by atoms with E-state index in [2.05, 4.69) is 10.3 Å². The molecule has 0 atom stereocenters. The van der Waals surface area contributed by atoms with Gasteiger partial charge in [-0.1, -0.05) is 18.2 Å². The molecule has 0 saturated heterocycles. The van der Waals surface area contributed by atoms with Crippen molar-refractivity contribution in [1.29, 1.82) is 0 Å². The summed E-state index contributed by atoms with van der Waals surface area (Å²) in [6, 6.07) is 9.03. The zero-order chi connectivity index (χ0) is 15.2. The first-order valence-electron chi connectivity index (χ1n) is 6.74. The summed E-state index contributed by atoms with van der Waals surface area (Å²) < 4.78 is 5.68. The zero-order valence-electron chi connectivity index (χ0n) is 12.1. The van der Waals surface area contributed by atoms with Crippen LogP contribution in [0.3, 0.4) is 0 Å². The summed E-state index contributed by atoms with van der Waals surface area (Å²) in [5, 5.41) is 2.67. The van der Waals surface area contributed by atoms with Gasteiger partial charge in [0, 0.05) is 6.20 Å². The van der Waals surface area contributed by atoms with Crippen molar-refractivity contribution in [3.05, 3.63) is 63.6 Å². The molecular weight excluding hydrogens is 268 g/mol. The summed E-state index contributed by atoms with van der Waals surface area (Å²) >= 11 is 0. The lowest BCUT2D eigenvalue weighted by atomic mass is 10.1. The fraction of sp³-hybridized carbons (Fsp3) is 0.250. The number of aromatic nitrogens is 1. The highest BCUT2D eigenvalue weighted by molar-refractivity contribution is 5.93. The Morgan fingerprint density at radius 3 is 2.57 bits per heavy atom. The van der Waals surface area contributed by atoms with Crippen molar-refractivity contribution in [2.45, 2.75) is 13.8 Å². The van der Waals surface area contributed by atoms with Crippen LogP contribution < -0.4 is 15.6 Å². The van der Waals surface area contributed by atoms with E-state index in [0.717, 1.165) is 16.9 Å². The van der Waals surface area contributed by atoms with Crippen molar-refractivity contribution in [3.8, 4) is 5.75 Å². The van der Waals surface area contributed by atoms with Gasteiger partial charge in [-0.2, -0.15) is 0 Å². The quantitative estimate of drug-likeness (QED) is 0.823. The standard InChI is InChI=1S/C16H18N2O3/c1-11-5-3-6-12(2)14(11)21-10-9-18-16(20)13-7-4-8-17-15(13)19/h3-8H,9-10H2,1-2H3,(H,17,19)(H,18,20). The molecule has 1 heterocycles. The third-order valence-electron chi connectivity index (χ3n) is 3.11. The average Bonchev–Trinajstić information content (AvgIpc) is 2.46. The van der Waals surface area contributed by atoms with Crippen LogP contribution in [-0.4, -0.2) is 24.0 Å². The van der Waals surface area contributed by atoms with E-state index in [0.29, 0.717) is 13.2 Å². The molecule has 0 saturated carbocycles. The van der Waals surface area contributed by atoms with Crippen LogP contribution in [-0.2, 0) is 0 Å². The Morgan fingerprint density at radius 1 is 1.19 bits per heavy atom. The second kappa shape index (κ2) is 6.74. The molecule has 0 fully saturated rings. The Bertz CT molecular complexity index is 672. The molecule has 2 aromatic rings. The molecule has 2 rings (SSSR count). The molecule has 1 aromatic heterocycles. The lowest BCUT2D eigenvalue weighted by Gasteiger charge is -2.12. The number of aryl methyl sites for hydroxylation is 2. The summed E-state index contributed by atoms with van der Waals surface area (Å²) in [7, 11) is 0. The van der Waals surface area contributed by atoms with Gasteiger partial charge in [0.05, 0.1) is 6.54 Å². The number of ether oxygens (including phenoxy) is 1. The highest BCUT2D eigenvalue weighted by atomic mass is 16.5. The first kappa shape index (κ1) is 14.8. The van der Waals surface area contributed by atoms with Gasteiger partial charge in [-0.05, 0) is 37.1 Å². The predicted octanol–water partition coefficient (Wildman–Crippen LogP) is 1.80. The van der Waals surface area contributed by atoms with Crippen molar-refractivity contribution in [2.24, 2.45) is 0 Å². The number of amides is 1. The Labute approximate surface area is 123 Å². The number of benzene rings is 1. The number of hydrogen-bond donors (Lipinski definition) is 2. The van der Waals surface area contributed by atoms with Crippen molar-refractivity contribution < 1.29 is 9.53 Å². The lowest BCUT2D eigenvalue weighted by molar-refractivity contribution is 0.0945. The molecule has 0 aliphatic rings. The van der Waals surface area contributed by atoms with Crippen molar-refractivity contribution in [3.63, 3.8) is 0 Å². The fourth-order valence-electron chi connectivity index (χ4n) is 2.04. The highest BCUT2D eigenvalue weighted by Gasteiger charge is 2.09. The predicted molar refractivity (Wildman–Crippen MR) is 80.8 cm³/mol. The number of para-hydroxylation sites is 1. The monoisotopic (exact) mass is 286 g/mol. The summed E-state index contributed by atoms with van der Waals surface area (Å²) in [5.41, 5.74) is 1.82. The number of H-pyrrole nitrogens is 1. The maximum Gasteiger partial charge on any atom is 0.260 e. The van der Waals surface area contributed by atoms with Crippen LogP contribution in [0.1, 0.15) is 21.5 Å². The lowest BCUT2D eigenvalue weighted by Crippen LogP contribution is -2.32. The summed E-state index contributed by atoms with van der Waals surface area (Å²) in [5.74, 6) is 0.436. The van der Waals surface area contributed by atoms with Crippen LogP contribution in [0.2, 0.25) is 0 Å². The topological polar surface area (TPSA) is 71.2 Å². The number of carbonyl (C=O) groups excluding carboxylic acids is 1. The van der Waals surface area contributed by atoms with E-state index in [-0.39, 0.29) is 5.56 Å². The third-order valence-corrected chi connectivity index (χ3v) is 3.11. The second-order valence-electron chi connectivity index (χ2n) is 4.74. The Balaban J connectivity index is 1.87. The Morgan fingerprint density at radius 2 is 1.90 bits per heavy atom. The van der Waals surface area contributed by atoms with Crippen LogP contribution in [0, 0.1) is 13.8 Å². The largest absolute Gasteiger partial charge is 0.491 e. The van der Waals surface area contributed by atoms with Gasteiger partial charge in [0.1, 0.15) is 17.9 Å². The molecule has 0 spiro atoms. The minimum absolute atomic E-state index is 0.101. The molecule has 0 aliphatic heterocycles. The molecule has 110 valence electrons. The van der Waals surface area contributed by atoms with Gasteiger partial charge >= 0.3 is 0 Å². The van der Waals surface area contributed by atoms with Crippen molar-refractivity contribution >= 4 is 5.91 Å². The molecule has 1 amide bonds. The number of rotatable bonds is 5. The molecule has 5 nitrogen and oxygen atoms in total. The van der Waals surface area contributed by atoms with E-state index in [1.807, 2.05) is 32.0 Å². The SMILES string of the molecule is Cc1cccc(C)c1OCCNC(=O)c1ccc[nH]c1=O. The van der Waals surface area contributed by atoms with E-state index < -0.39 is 11.5 Å². The van der Waals surface area contributed by atoms with Crippen LogP contribution in [0.5, 0.6) is 5.75 Å². The van der Waals surface area contributed by atoms with E-state index >= 15 is 0 Å². The average molecular weight is 286 g/mol. The number of carbonyl (C=O) groups is 1. The molecule has 2 N–H and O–H groups in total. The third kappa shape index (κ3) is 3.72. The summed E-state index contributed by atoms with van der Waals surface area (Å²) in [6.07, 6.45) is 1.49. The minimum atomic E-state index is -0.401. The van der Waals surface area contributed by atoms with E-state index in [1.54, 1.807) is 6.07 Å². The van der Waals surface area contributed by atoms with E-state index in [4.69, 9.17) is 4.74 Å². The van der Waals surface area contributed by atoms with Crippen LogP contribution in [0.15, 0.2) is 41.3 Å². The van der Waals surface area contributed by atoms with Gasteiger partial charge in [0.25, 0.3) is 11.5 Å². The Hall–Kier alpha value is -2.56. The number of hydrogen-bond acceptors (Lipinski definition) is 3. The van der Waals surface area contributed by atoms with Gasteiger partial charge in [-0.25, -0.2) is 0 Å². The first-order valence-corrected chi connectivity index (χ1v) is 6.74. The van der Waals surface area contributed by atoms with Gasteiger partial charge in [-0.15, -0.1) is 0 Å². The maximum atomic E-state index is 11.8. The molecule has 0 aliphatic carbocycles. The molecular formula is C16H18N2O3. The molecule has 21 heavy (non-hydrogen) atoms. The minimum Gasteiger partial charge on any atom is -0.491 e. The molecule has 0 radical (unpaired) electrons. The van der Waals surface area contributed by atoms with Crippen molar-refractivity contribution in [1.82, 2.24) is 10.3 Å². The molecule has 0 unspecified atom stereocenters. The molecule has 5 heteroatoms. The molecule has 0 bridgehead atoms. The fourth-order valence-corrected chi connectivity index (χ4v) is 2.04. The zero-order valence-corrected chi connectivity index (χ0v) is 12.1. The smallest absolute Gasteiger partial charge is 0.260 e. The summed E-state index contributed by atoms with van der Waals surface area (Å²) in [4.78, 5) is 25.7. The van der Waals surface area contributed by atoms with Crippen molar-refractivity contribution in [2.75, 3.05) is 13.2 Å². The number of aromatic amines is 1. The number of pyridine rings is 1. The number of nitrogens with one attached hydrogen (secondary N) is 2. The highest BCUT2D eigenvalue weighted by Crippen LogP contribution is 2.21. The van der Waals surface area contributed by atoms with Crippen LogP contribution in [0.4, 0.5) is 0 Å². The van der Waals surface area contributed by atoms with Gasteiger partial charge in [-0.3, -0.25) is 9.59 Å². The van der Waals surface area contributed by atoms with E-state index in [1.165, 1.54) is 12.3 Å². The maximum absolute atomic E-state index is 11.8. The first-order chi connectivity index (χ1) is 10.1. The normalized spacial score (nSPS) is 10.2. The van der Waals surface area contributed by atoms with E-state index in [9.17, 15) is 9.59 Å². The second-order valence-corrected chi connectivity index (χ2v) is 4.74. The summed E-state index contributed by atoms with van der Waals surface area (Å²) in [6.45, 7) is 4.64. The Kier molecular flexibility index (Phi) is 4.77.